The van der Waals surface area contributed by atoms with Gasteiger partial charge < -0.3 is 0 Å². The second kappa shape index (κ2) is 4.84. The highest BCUT2D eigenvalue weighted by Gasteiger charge is 2.36. The van der Waals surface area contributed by atoms with Crippen molar-refractivity contribution < 1.29 is 14.4 Å². The van der Waals surface area contributed by atoms with Crippen LogP contribution in [0.15, 0.2) is 0 Å². The summed E-state index contributed by atoms with van der Waals surface area (Å²) in [7, 11) is 4.13. The maximum absolute atomic E-state index is 11.4. The van der Waals surface area contributed by atoms with Crippen LogP contribution in [0.5, 0.6) is 0 Å². The van der Waals surface area contributed by atoms with Gasteiger partial charge in [-0.15, -0.1) is 0 Å². The summed E-state index contributed by atoms with van der Waals surface area (Å²) in [5.41, 5.74) is 0. The van der Waals surface area contributed by atoms with Crippen molar-refractivity contribution in [1.29, 1.82) is 0 Å². The van der Waals surface area contributed by atoms with E-state index in [4.69, 9.17) is 0 Å². The lowest BCUT2D eigenvalue weighted by Crippen LogP contribution is -2.26. The van der Waals surface area contributed by atoms with E-state index >= 15 is 0 Å². The summed E-state index contributed by atoms with van der Waals surface area (Å²) in [5, 5.41) is -0.308. The van der Waals surface area contributed by atoms with Crippen LogP contribution in [0.2, 0.25) is 0 Å². The maximum Gasteiger partial charge on any atom is 0.243 e. The van der Waals surface area contributed by atoms with Crippen molar-refractivity contribution >= 4 is 39.2 Å². The molecule has 14 heavy (non-hydrogen) atoms. The number of Topliss-reactive ketones (excluding diaryl/α,β-unsaturated/α-hetero) is 1. The lowest BCUT2D eigenvalue weighted by atomic mass is 10.4. The van der Waals surface area contributed by atoms with Gasteiger partial charge in [-0.25, -0.2) is 0 Å². The van der Waals surface area contributed by atoms with Crippen LogP contribution in [0.1, 0.15) is 13.3 Å². The number of likely N-dealkylation sites (tertiary alicyclic amines) is 1. The third kappa shape index (κ3) is 2.75. The number of ketones is 1. The third-order valence-electron chi connectivity index (χ3n) is 1.79. The Labute approximate surface area is 90.2 Å². The number of carbonyl (C=O) groups is 3. The summed E-state index contributed by atoms with van der Waals surface area (Å²) in [4.78, 5) is 34.3. The van der Waals surface area contributed by atoms with Gasteiger partial charge >= 0.3 is 0 Å². The Kier molecular flexibility index (Phi) is 4.00. The smallest absolute Gasteiger partial charge is 0.243 e. The second-order valence-corrected chi connectivity index (χ2v) is 5.61. The molecule has 1 unspecified atom stereocenters. The Morgan fingerprint density at radius 3 is 2.64 bits per heavy atom. The zero-order valence-corrected chi connectivity index (χ0v) is 9.61. The summed E-state index contributed by atoms with van der Waals surface area (Å²) in [6, 6.07) is 0. The second-order valence-electron chi connectivity index (χ2n) is 3.04. The van der Waals surface area contributed by atoms with Crippen LogP contribution in [0.25, 0.3) is 0 Å². The summed E-state index contributed by atoms with van der Waals surface area (Å²) in [6.07, 6.45) is 0.255. The van der Waals surface area contributed by atoms with Crippen LogP contribution in [-0.2, 0) is 14.4 Å². The van der Waals surface area contributed by atoms with E-state index in [-0.39, 0.29) is 29.3 Å². The molecule has 78 valence electrons. The Morgan fingerprint density at radius 1 is 1.57 bits per heavy atom. The van der Waals surface area contributed by atoms with Crippen LogP contribution >= 0.6 is 21.6 Å². The lowest BCUT2D eigenvalue weighted by molar-refractivity contribution is -0.136. The van der Waals surface area contributed by atoms with Gasteiger partial charge in [0.05, 0.1) is 5.75 Å². The van der Waals surface area contributed by atoms with Crippen molar-refractivity contribution in [3.05, 3.63) is 0 Å². The normalized spacial score (nSPS) is 21.9. The van der Waals surface area contributed by atoms with Gasteiger partial charge in [-0.05, 0) is 6.92 Å². The largest absolute Gasteiger partial charge is 0.299 e. The Morgan fingerprint density at radius 2 is 2.21 bits per heavy atom. The van der Waals surface area contributed by atoms with Gasteiger partial charge in [-0.2, -0.15) is 0 Å². The summed E-state index contributed by atoms with van der Waals surface area (Å²) < 4.78 is 0. The summed E-state index contributed by atoms with van der Waals surface area (Å²) in [5.74, 6) is 0.159. The first-order valence-corrected chi connectivity index (χ1v) is 6.48. The fourth-order valence-corrected chi connectivity index (χ4v) is 3.49. The van der Waals surface area contributed by atoms with Gasteiger partial charge in [0.2, 0.25) is 11.8 Å². The van der Waals surface area contributed by atoms with Crippen LogP contribution < -0.4 is 0 Å². The van der Waals surface area contributed by atoms with E-state index in [2.05, 4.69) is 0 Å². The van der Waals surface area contributed by atoms with Gasteiger partial charge in [0.1, 0.15) is 11.0 Å². The Balaban J connectivity index is 2.36. The molecule has 4 nitrogen and oxygen atoms in total. The lowest BCUT2D eigenvalue weighted by Gasteiger charge is -2.06. The molecular formula is C8H11NO3S2. The summed E-state index contributed by atoms with van der Waals surface area (Å²) >= 11 is 0. The van der Waals surface area contributed by atoms with Gasteiger partial charge in [0.25, 0.3) is 0 Å². The predicted octanol–water partition coefficient (Wildman–Crippen LogP) is 0.714. The number of rotatable bonds is 4. The highest BCUT2D eigenvalue weighted by atomic mass is 33.1. The molecule has 0 aliphatic carbocycles. The number of hydrogen-bond donors (Lipinski definition) is 0. The molecule has 0 aromatic heterocycles. The van der Waals surface area contributed by atoms with E-state index in [1.807, 2.05) is 0 Å². The van der Waals surface area contributed by atoms with Crippen molar-refractivity contribution in [2.45, 2.75) is 18.6 Å². The van der Waals surface area contributed by atoms with Gasteiger partial charge in [0.15, 0.2) is 0 Å². The van der Waals surface area contributed by atoms with Gasteiger partial charge in [-0.3, -0.25) is 19.3 Å². The van der Waals surface area contributed by atoms with Crippen molar-refractivity contribution in [1.82, 2.24) is 4.90 Å². The van der Waals surface area contributed by atoms with Crippen molar-refractivity contribution in [3.8, 4) is 0 Å². The zero-order chi connectivity index (χ0) is 10.7. The zero-order valence-electron chi connectivity index (χ0n) is 7.98. The quantitative estimate of drug-likeness (QED) is 0.529. The minimum Gasteiger partial charge on any atom is -0.299 e. The minimum absolute atomic E-state index is 0.0765. The SMILES string of the molecule is CC(=O)CSSC1CC(=O)N(C)C1=O. The molecule has 0 saturated carbocycles. The number of amides is 2. The molecule has 1 saturated heterocycles. The molecule has 0 radical (unpaired) electrons. The van der Waals surface area contributed by atoms with Gasteiger partial charge in [0, 0.05) is 13.5 Å². The molecule has 1 aliphatic rings. The molecule has 1 heterocycles. The Hall–Kier alpha value is -0.490. The van der Waals surface area contributed by atoms with Crippen LogP contribution in [0.4, 0.5) is 0 Å². The topological polar surface area (TPSA) is 54.5 Å². The first kappa shape index (κ1) is 11.6. The molecule has 1 fully saturated rings. The molecular weight excluding hydrogens is 222 g/mol. The van der Waals surface area contributed by atoms with Crippen LogP contribution in [-0.4, -0.2) is 40.5 Å². The molecule has 0 spiro atoms. The molecule has 1 atom stereocenters. The van der Waals surface area contributed by atoms with Crippen molar-refractivity contribution in [3.63, 3.8) is 0 Å². The number of nitrogens with zero attached hydrogens (tertiary/aromatic N) is 1. The monoisotopic (exact) mass is 233 g/mol. The first-order chi connectivity index (χ1) is 6.52. The van der Waals surface area contributed by atoms with Crippen molar-refractivity contribution in [2.75, 3.05) is 12.8 Å². The molecule has 6 heteroatoms. The van der Waals surface area contributed by atoms with E-state index in [1.54, 1.807) is 0 Å². The molecule has 1 rings (SSSR count). The van der Waals surface area contributed by atoms with E-state index in [1.165, 1.54) is 35.6 Å². The molecule has 0 bridgehead atoms. The van der Waals surface area contributed by atoms with E-state index in [9.17, 15) is 14.4 Å². The standard InChI is InChI=1S/C8H11NO3S2/c1-5(10)4-13-14-6-3-7(11)9(2)8(6)12/h6H,3-4H2,1-2H3. The highest BCUT2D eigenvalue weighted by Crippen LogP contribution is 2.33. The third-order valence-corrected chi connectivity index (χ3v) is 4.51. The fraction of sp³-hybridized carbons (Fsp3) is 0.625. The van der Waals surface area contributed by atoms with E-state index in [0.29, 0.717) is 5.75 Å². The maximum atomic E-state index is 11.4. The van der Waals surface area contributed by atoms with Crippen LogP contribution in [0.3, 0.4) is 0 Å². The number of carbonyl (C=O) groups excluding carboxylic acids is 3. The summed E-state index contributed by atoms with van der Waals surface area (Å²) in [6.45, 7) is 1.50. The van der Waals surface area contributed by atoms with Crippen molar-refractivity contribution in [2.24, 2.45) is 0 Å². The fourth-order valence-electron chi connectivity index (χ4n) is 0.996. The first-order valence-electron chi connectivity index (χ1n) is 4.10. The minimum atomic E-state index is -0.308. The molecule has 0 aromatic rings. The van der Waals surface area contributed by atoms with E-state index < -0.39 is 0 Å². The van der Waals surface area contributed by atoms with Gasteiger partial charge in [-0.1, -0.05) is 21.6 Å². The average Bonchev–Trinajstić information content (AvgIpc) is 2.33. The molecule has 0 N–H and O–H groups in total. The van der Waals surface area contributed by atoms with E-state index in [0.717, 1.165) is 4.90 Å². The molecule has 0 aromatic carbocycles. The number of imide groups is 1. The number of hydrogen-bond acceptors (Lipinski definition) is 5. The highest BCUT2D eigenvalue weighted by molar-refractivity contribution is 8.77. The average molecular weight is 233 g/mol. The predicted molar refractivity (Wildman–Crippen MR) is 56.9 cm³/mol. The molecule has 1 aliphatic heterocycles. The molecule has 2 amide bonds. The Bertz CT molecular complexity index is 280. The van der Waals surface area contributed by atoms with Crippen LogP contribution in [0, 0.1) is 0 Å².